The first-order valence-corrected chi connectivity index (χ1v) is 11.5. The Labute approximate surface area is 194 Å². The maximum atomic E-state index is 13.0. The zero-order valence-corrected chi connectivity index (χ0v) is 19.5. The van der Waals surface area contributed by atoms with Crippen LogP contribution in [-0.4, -0.2) is 48.2 Å². The predicted octanol–water partition coefficient (Wildman–Crippen LogP) is 3.31. The van der Waals surface area contributed by atoms with E-state index in [2.05, 4.69) is 33.6 Å². The maximum absolute atomic E-state index is 13.0. The van der Waals surface area contributed by atoms with Crippen molar-refractivity contribution < 1.29 is 19.4 Å². The minimum atomic E-state index is -0.891. The van der Waals surface area contributed by atoms with Crippen molar-refractivity contribution in [3.05, 3.63) is 40.4 Å². The second-order valence-electron chi connectivity index (χ2n) is 8.30. The number of ether oxygens (including phenoxy) is 1. The molecular weight excluding hydrogens is 428 g/mol. The topological polar surface area (TPSA) is 115 Å². The molecule has 9 heteroatoms. The number of nitrogens with one attached hydrogen (secondary N) is 3. The fourth-order valence-corrected chi connectivity index (χ4v) is 4.08. The van der Waals surface area contributed by atoms with Crippen LogP contribution in [0, 0.1) is 12.8 Å². The molecule has 1 heterocycles. The van der Waals surface area contributed by atoms with E-state index in [1.54, 1.807) is 5.41 Å². The Morgan fingerprint density at radius 2 is 2.06 bits per heavy atom. The van der Waals surface area contributed by atoms with Gasteiger partial charge in [-0.3, -0.25) is 9.59 Å². The first-order valence-electron chi connectivity index (χ1n) is 11.0. The first-order chi connectivity index (χ1) is 15.4. The van der Waals surface area contributed by atoms with Gasteiger partial charge in [-0.05, 0) is 44.2 Å². The van der Waals surface area contributed by atoms with Gasteiger partial charge in [0.05, 0.1) is 6.54 Å². The van der Waals surface area contributed by atoms with E-state index < -0.39 is 5.97 Å². The van der Waals surface area contributed by atoms with Crippen LogP contribution in [0.4, 0.5) is 5.69 Å². The van der Waals surface area contributed by atoms with Crippen LogP contribution in [0.15, 0.2) is 34.3 Å². The molecule has 174 valence electrons. The first kappa shape index (κ1) is 24.3. The predicted molar refractivity (Wildman–Crippen MR) is 128 cm³/mol. The number of carboxylic acids is 1. The average molecular weight is 461 g/mol. The number of ketones is 1. The van der Waals surface area contributed by atoms with Crippen LogP contribution in [0.1, 0.15) is 54.9 Å². The number of nitrogens with zero attached hydrogens (tertiary/aromatic N) is 1. The van der Waals surface area contributed by atoms with Gasteiger partial charge in [0.25, 0.3) is 0 Å². The molecule has 1 aliphatic carbocycles. The van der Waals surface area contributed by atoms with Crippen LogP contribution in [-0.2, 0) is 9.53 Å². The lowest BCUT2D eigenvalue weighted by atomic mass is 9.94. The lowest BCUT2D eigenvalue weighted by Gasteiger charge is -2.14. The number of Topliss-reactive ketones (excluding diaryl/α,β-unsaturated/α-hetero) is 1. The smallest absolute Gasteiger partial charge is 0.317 e. The van der Waals surface area contributed by atoms with Crippen molar-refractivity contribution in [2.24, 2.45) is 10.9 Å². The summed E-state index contributed by atoms with van der Waals surface area (Å²) < 4.78 is 5.66. The third-order valence-corrected chi connectivity index (χ3v) is 5.91. The van der Waals surface area contributed by atoms with Crippen LogP contribution < -0.4 is 16.0 Å². The van der Waals surface area contributed by atoms with Crippen LogP contribution in [0.5, 0.6) is 0 Å². The molecule has 1 aromatic carbocycles. The molecule has 3 rings (SSSR count). The van der Waals surface area contributed by atoms with Gasteiger partial charge in [0.2, 0.25) is 0 Å². The summed E-state index contributed by atoms with van der Waals surface area (Å²) in [4.78, 5) is 28.1. The Morgan fingerprint density at radius 1 is 1.31 bits per heavy atom. The Bertz CT molecular complexity index is 896. The second kappa shape index (κ2) is 11.5. The molecule has 1 saturated carbocycles. The zero-order valence-electron chi connectivity index (χ0n) is 18.6. The van der Waals surface area contributed by atoms with Gasteiger partial charge >= 0.3 is 5.97 Å². The molecule has 1 aromatic rings. The van der Waals surface area contributed by atoms with Gasteiger partial charge in [0, 0.05) is 35.8 Å². The molecular formula is C23H32N4O4S. The number of aliphatic imine (C=N–C) groups is 1. The molecule has 8 nitrogen and oxygen atoms in total. The molecule has 32 heavy (non-hydrogen) atoms. The molecule has 2 aliphatic rings. The number of aryl methyl sites for hydroxylation is 1. The molecule has 2 atom stereocenters. The van der Waals surface area contributed by atoms with E-state index in [1.807, 2.05) is 32.0 Å². The number of carbonyl (C=O) groups is 2. The van der Waals surface area contributed by atoms with Gasteiger partial charge in [-0.2, -0.15) is 0 Å². The van der Waals surface area contributed by atoms with E-state index >= 15 is 0 Å². The Hall–Kier alpha value is -2.36. The lowest BCUT2D eigenvalue weighted by molar-refractivity contribution is -0.135. The number of carboxylic acid groups (broad SMARTS) is 1. The number of benzene rings is 1. The van der Waals surface area contributed by atoms with Gasteiger partial charge in [-0.1, -0.05) is 24.5 Å². The number of rotatable bonds is 11. The van der Waals surface area contributed by atoms with Crippen molar-refractivity contribution in [3.8, 4) is 0 Å². The molecule has 0 radical (unpaired) electrons. The fraction of sp³-hybridized carbons (Fsp3) is 0.522. The molecule has 1 aliphatic heterocycles. The van der Waals surface area contributed by atoms with Crippen molar-refractivity contribution in [2.45, 2.75) is 58.4 Å². The Balaban J connectivity index is 1.54. The highest BCUT2D eigenvalue weighted by atomic mass is 32.1. The van der Waals surface area contributed by atoms with Gasteiger partial charge in [-0.25, -0.2) is 4.99 Å². The molecule has 0 spiro atoms. The monoisotopic (exact) mass is 460 g/mol. The molecule has 1 saturated heterocycles. The fourth-order valence-electron chi connectivity index (χ4n) is 3.89. The molecule has 2 unspecified atom stereocenters. The van der Waals surface area contributed by atoms with Crippen molar-refractivity contribution in [3.63, 3.8) is 0 Å². The van der Waals surface area contributed by atoms with Crippen LogP contribution in [0.3, 0.4) is 0 Å². The lowest BCUT2D eigenvalue weighted by Crippen LogP contribution is -2.27. The van der Waals surface area contributed by atoms with E-state index in [0.29, 0.717) is 18.8 Å². The summed E-state index contributed by atoms with van der Waals surface area (Å²) in [6, 6.07) is 5.89. The number of thiol groups is 1. The zero-order chi connectivity index (χ0) is 23.1. The summed E-state index contributed by atoms with van der Waals surface area (Å²) in [5.74, 6) is 0.115. The Kier molecular flexibility index (Phi) is 8.72. The highest BCUT2D eigenvalue weighted by molar-refractivity contribution is 7.83. The SMILES string of the molecule is CC(=NC1OC1Nc1ccc(C)cc1C(=O)C1CCCC1)N/C(=C\S)CCNCC(=O)O. The summed E-state index contributed by atoms with van der Waals surface area (Å²) >= 11 is 4.20. The normalized spacial score (nSPS) is 21.5. The highest BCUT2D eigenvalue weighted by Crippen LogP contribution is 2.33. The number of amidine groups is 1. The minimum absolute atomic E-state index is 0.0829. The third-order valence-electron chi connectivity index (χ3n) is 5.60. The summed E-state index contributed by atoms with van der Waals surface area (Å²) in [6.45, 7) is 4.26. The van der Waals surface area contributed by atoms with Crippen LogP contribution >= 0.6 is 12.6 Å². The molecule has 0 bridgehead atoms. The Morgan fingerprint density at radius 3 is 2.75 bits per heavy atom. The molecule has 2 fully saturated rings. The van der Waals surface area contributed by atoms with E-state index in [0.717, 1.165) is 48.2 Å². The number of carbonyl (C=O) groups excluding carboxylic acids is 1. The molecule has 0 aromatic heterocycles. The minimum Gasteiger partial charge on any atom is -0.480 e. The van der Waals surface area contributed by atoms with Crippen LogP contribution in [0.25, 0.3) is 0 Å². The van der Waals surface area contributed by atoms with Crippen molar-refractivity contribution in [1.29, 1.82) is 0 Å². The van der Waals surface area contributed by atoms with Gasteiger partial charge in [0.1, 0.15) is 5.84 Å². The highest BCUT2D eigenvalue weighted by Gasteiger charge is 2.40. The number of anilines is 1. The van der Waals surface area contributed by atoms with Gasteiger partial charge < -0.3 is 25.8 Å². The average Bonchev–Trinajstić information content (AvgIpc) is 3.24. The van der Waals surface area contributed by atoms with Crippen molar-refractivity contribution in [1.82, 2.24) is 10.6 Å². The van der Waals surface area contributed by atoms with Gasteiger partial charge in [-0.15, -0.1) is 12.6 Å². The largest absolute Gasteiger partial charge is 0.480 e. The second-order valence-corrected chi connectivity index (χ2v) is 8.56. The quantitative estimate of drug-likeness (QED) is 0.0859. The third kappa shape index (κ3) is 7.08. The van der Waals surface area contributed by atoms with E-state index in [9.17, 15) is 9.59 Å². The number of hydrogen-bond acceptors (Lipinski definition) is 7. The molecule has 0 amide bonds. The van der Waals surface area contributed by atoms with Gasteiger partial charge in [0.15, 0.2) is 18.2 Å². The molecule has 4 N–H and O–H groups in total. The number of aliphatic carboxylic acids is 1. The maximum Gasteiger partial charge on any atom is 0.317 e. The van der Waals surface area contributed by atoms with Crippen LogP contribution in [0.2, 0.25) is 0 Å². The van der Waals surface area contributed by atoms with E-state index in [4.69, 9.17) is 9.84 Å². The van der Waals surface area contributed by atoms with E-state index in [1.165, 1.54) is 0 Å². The summed E-state index contributed by atoms with van der Waals surface area (Å²) in [6.07, 6.45) is 4.14. The van der Waals surface area contributed by atoms with E-state index in [-0.39, 0.29) is 30.7 Å². The number of epoxide rings is 1. The van der Waals surface area contributed by atoms with Crippen molar-refractivity contribution in [2.75, 3.05) is 18.4 Å². The summed E-state index contributed by atoms with van der Waals surface area (Å²) in [5.41, 5.74) is 3.41. The summed E-state index contributed by atoms with van der Waals surface area (Å²) in [5, 5.41) is 19.6. The summed E-state index contributed by atoms with van der Waals surface area (Å²) in [7, 11) is 0. The number of hydrogen-bond donors (Lipinski definition) is 5. The van der Waals surface area contributed by atoms with Crippen molar-refractivity contribution >= 4 is 35.9 Å². The standard InChI is InChI=1S/C23H32N4O4S/c1-14-7-8-19(18(11-14)21(30)16-5-3-4-6-16)27-23-22(31-23)26-15(2)25-17(13-32)9-10-24-12-20(28)29/h7-8,11,13,16,22-24,27,32H,3-6,9-10,12H2,1-2H3,(H,25,26)(H,28,29)/b17-13-.